The molecule has 3 rings (SSSR count). The van der Waals surface area contributed by atoms with Gasteiger partial charge in [-0.2, -0.15) is 0 Å². The van der Waals surface area contributed by atoms with Gasteiger partial charge in [0.05, 0.1) is 29.0 Å². The molecule has 1 heterocycles. The Morgan fingerprint density at radius 2 is 1.86 bits per heavy atom. The third kappa shape index (κ3) is 4.25. The maximum Gasteiger partial charge on any atom is 0.264 e. The van der Waals surface area contributed by atoms with Gasteiger partial charge in [0.25, 0.3) is 10.0 Å². The fourth-order valence-corrected chi connectivity index (χ4v) is 5.23. The molecule has 0 saturated heterocycles. The largest absolute Gasteiger partial charge is 0.498 e. The van der Waals surface area contributed by atoms with Crippen LogP contribution in [0.15, 0.2) is 65.3 Å². The first kappa shape index (κ1) is 20.5. The predicted octanol–water partition coefficient (Wildman–Crippen LogP) is 5.23. The maximum atomic E-state index is 13.5. The van der Waals surface area contributed by atoms with Crippen LogP contribution < -0.4 is 4.31 Å². The molecule has 1 unspecified atom stereocenters. The van der Waals surface area contributed by atoms with Crippen LogP contribution in [0.2, 0.25) is 0 Å². The first-order chi connectivity index (χ1) is 13.5. The Hall–Kier alpha value is -2.27. The fourth-order valence-electron chi connectivity index (χ4n) is 3.60. The minimum Gasteiger partial charge on any atom is -0.498 e. The zero-order valence-electron chi connectivity index (χ0n) is 16.9. The smallest absolute Gasteiger partial charge is 0.264 e. The van der Waals surface area contributed by atoms with Crippen molar-refractivity contribution in [1.29, 1.82) is 0 Å². The molecule has 2 aromatic rings. The molecule has 1 aliphatic rings. The summed E-state index contributed by atoms with van der Waals surface area (Å²) in [5, 5.41) is 0. The Morgan fingerprint density at radius 3 is 2.54 bits per heavy atom. The van der Waals surface area contributed by atoms with Crippen molar-refractivity contribution in [2.45, 2.75) is 57.4 Å². The van der Waals surface area contributed by atoms with Crippen molar-refractivity contribution in [2.24, 2.45) is 0 Å². The van der Waals surface area contributed by atoms with Crippen molar-refractivity contribution in [3.8, 4) is 0 Å². The number of anilines is 1. The van der Waals surface area contributed by atoms with Crippen LogP contribution in [0.5, 0.6) is 0 Å². The molecule has 1 aliphatic heterocycles. The van der Waals surface area contributed by atoms with Crippen LogP contribution in [0.3, 0.4) is 0 Å². The zero-order valence-corrected chi connectivity index (χ0v) is 17.7. The van der Waals surface area contributed by atoms with E-state index in [0.717, 1.165) is 41.8 Å². The van der Waals surface area contributed by atoms with Crippen molar-refractivity contribution < 1.29 is 13.2 Å². The first-order valence-electron chi connectivity index (χ1n) is 9.99. The Balaban J connectivity index is 2.04. The number of rotatable bonds is 8. The van der Waals surface area contributed by atoms with Crippen LogP contribution in [-0.2, 0) is 21.2 Å². The number of nitrogens with zero attached hydrogens (tertiary/aromatic N) is 1. The highest BCUT2D eigenvalue weighted by Crippen LogP contribution is 2.37. The molecular weight excluding hydrogens is 370 g/mol. The van der Waals surface area contributed by atoms with Gasteiger partial charge in [0.2, 0.25) is 0 Å². The molecule has 0 N–H and O–H groups in total. The van der Waals surface area contributed by atoms with Crippen molar-refractivity contribution in [1.82, 2.24) is 0 Å². The van der Waals surface area contributed by atoms with E-state index in [2.05, 4.69) is 6.92 Å². The molecule has 5 heteroatoms. The monoisotopic (exact) mass is 399 g/mol. The highest BCUT2D eigenvalue weighted by molar-refractivity contribution is 7.92. The van der Waals surface area contributed by atoms with Gasteiger partial charge in [0.1, 0.15) is 0 Å². The Labute approximate surface area is 168 Å². The number of aryl methyl sites for hydroxylation is 1. The van der Waals surface area contributed by atoms with E-state index < -0.39 is 10.0 Å². The average molecular weight is 400 g/mol. The van der Waals surface area contributed by atoms with Gasteiger partial charge in [0, 0.05) is 6.42 Å². The lowest BCUT2D eigenvalue weighted by Gasteiger charge is -2.26. The first-order valence-corrected chi connectivity index (χ1v) is 11.4. The lowest BCUT2D eigenvalue weighted by atomic mass is 10.1. The highest BCUT2D eigenvalue weighted by atomic mass is 32.2. The summed E-state index contributed by atoms with van der Waals surface area (Å²) >= 11 is 0. The minimum absolute atomic E-state index is 0.276. The second-order valence-corrected chi connectivity index (χ2v) is 9.00. The summed E-state index contributed by atoms with van der Waals surface area (Å²) in [4.78, 5) is 0.319. The average Bonchev–Trinajstić information content (AvgIpc) is 3.05. The van der Waals surface area contributed by atoms with Crippen molar-refractivity contribution in [3.05, 3.63) is 71.5 Å². The molecule has 0 aliphatic carbocycles. The lowest BCUT2D eigenvalue weighted by Crippen LogP contribution is -2.36. The molecule has 0 aromatic heterocycles. The second kappa shape index (κ2) is 8.82. The molecule has 0 bridgehead atoms. The molecule has 2 aromatic carbocycles. The Bertz CT molecular complexity index is 933. The maximum absolute atomic E-state index is 13.5. The van der Waals surface area contributed by atoms with Gasteiger partial charge in [0.15, 0.2) is 0 Å². The summed E-state index contributed by atoms with van der Waals surface area (Å²) in [6.45, 7) is 6.64. The highest BCUT2D eigenvalue weighted by Gasteiger charge is 2.37. The normalized spacial score (nSPS) is 16.9. The number of fused-ring (bicyclic) bond motifs is 1. The van der Waals surface area contributed by atoms with Crippen LogP contribution in [0.25, 0.3) is 0 Å². The van der Waals surface area contributed by atoms with Gasteiger partial charge in [-0.05, 0) is 56.5 Å². The van der Waals surface area contributed by atoms with Gasteiger partial charge in [-0.1, -0.05) is 49.2 Å². The summed E-state index contributed by atoms with van der Waals surface area (Å²) in [5.41, 5.74) is 2.84. The molecule has 0 spiro atoms. The van der Waals surface area contributed by atoms with Crippen LogP contribution >= 0.6 is 0 Å². The number of hydrogen-bond acceptors (Lipinski definition) is 3. The van der Waals surface area contributed by atoms with E-state index in [-0.39, 0.29) is 6.04 Å². The standard InChI is InChI=1S/C23H29NO3S/c1-4-6-10-21(27-5-2)17-20-16-19-9-7-8-11-23(19)24(20)28(25,26)22-14-12-18(3)13-15-22/h7-9,11-15,17,20H,4-6,10,16H2,1-3H3/b21-17+. The van der Waals surface area contributed by atoms with Crippen molar-refractivity contribution in [2.75, 3.05) is 10.9 Å². The van der Waals surface area contributed by atoms with Gasteiger partial charge in [-0.25, -0.2) is 8.42 Å². The lowest BCUT2D eigenvalue weighted by molar-refractivity contribution is 0.215. The molecule has 1 atom stereocenters. The van der Waals surface area contributed by atoms with E-state index in [1.165, 1.54) is 0 Å². The van der Waals surface area contributed by atoms with Crippen LogP contribution in [0.1, 0.15) is 44.2 Å². The summed E-state index contributed by atoms with van der Waals surface area (Å²) in [7, 11) is -3.67. The van der Waals surface area contributed by atoms with Gasteiger partial charge in [-0.15, -0.1) is 0 Å². The molecule has 0 amide bonds. The number of sulfonamides is 1. The molecule has 4 nitrogen and oxygen atoms in total. The van der Waals surface area contributed by atoms with E-state index in [4.69, 9.17) is 4.74 Å². The Kier molecular flexibility index (Phi) is 6.45. The number of benzene rings is 2. The summed E-state index contributed by atoms with van der Waals surface area (Å²) in [6, 6.07) is 14.5. The summed E-state index contributed by atoms with van der Waals surface area (Å²) in [6.07, 6.45) is 5.58. The second-order valence-electron chi connectivity index (χ2n) is 7.18. The molecule has 28 heavy (non-hydrogen) atoms. The summed E-state index contributed by atoms with van der Waals surface area (Å²) < 4.78 is 34.5. The van der Waals surface area contributed by atoms with E-state index in [1.807, 2.05) is 56.3 Å². The van der Waals surface area contributed by atoms with E-state index >= 15 is 0 Å². The number of ether oxygens (including phenoxy) is 1. The zero-order chi connectivity index (χ0) is 20.1. The van der Waals surface area contributed by atoms with Crippen LogP contribution in [0.4, 0.5) is 5.69 Å². The molecular formula is C23H29NO3S. The van der Waals surface area contributed by atoms with Crippen LogP contribution in [-0.4, -0.2) is 21.1 Å². The SMILES string of the molecule is CCCC/C(=C\C1Cc2ccccc2N1S(=O)(=O)c1ccc(C)cc1)OCC. The number of allylic oxidation sites excluding steroid dienone is 1. The van der Waals surface area contributed by atoms with E-state index in [0.29, 0.717) is 17.9 Å². The molecule has 0 radical (unpaired) electrons. The van der Waals surface area contributed by atoms with E-state index in [9.17, 15) is 8.42 Å². The number of unbranched alkanes of at least 4 members (excludes halogenated alkanes) is 1. The molecule has 150 valence electrons. The number of hydrogen-bond donors (Lipinski definition) is 0. The molecule has 0 saturated carbocycles. The third-order valence-corrected chi connectivity index (χ3v) is 6.88. The Morgan fingerprint density at radius 1 is 1.14 bits per heavy atom. The predicted molar refractivity (Wildman–Crippen MR) is 114 cm³/mol. The fraction of sp³-hybridized carbons (Fsp3) is 0.391. The minimum atomic E-state index is -3.67. The topological polar surface area (TPSA) is 46.6 Å². The van der Waals surface area contributed by atoms with Gasteiger partial charge < -0.3 is 4.74 Å². The van der Waals surface area contributed by atoms with Crippen LogP contribution in [0, 0.1) is 6.92 Å². The van der Waals surface area contributed by atoms with Crippen molar-refractivity contribution >= 4 is 15.7 Å². The summed E-state index contributed by atoms with van der Waals surface area (Å²) in [5.74, 6) is 0.881. The third-order valence-electron chi connectivity index (χ3n) is 5.02. The molecule has 0 fully saturated rings. The van der Waals surface area contributed by atoms with E-state index in [1.54, 1.807) is 16.4 Å². The van der Waals surface area contributed by atoms with Gasteiger partial charge in [-0.3, -0.25) is 4.31 Å². The van der Waals surface area contributed by atoms with Crippen molar-refractivity contribution in [3.63, 3.8) is 0 Å². The number of para-hydroxylation sites is 1. The van der Waals surface area contributed by atoms with Gasteiger partial charge >= 0.3 is 0 Å². The quantitative estimate of drug-likeness (QED) is 0.571.